The van der Waals surface area contributed by atoms with Crippen LogP contribution in [0.1, 0.15) is 24.5 Å². The van der Waals surface area contributed by atoms with Gasteiger partial charge < -0.3 is 10.1 Å². The first kappa shape index (κ1) is 16.0. The average Bonchev–Trinajstić information content (AvgIpc) is 2.48. The number of benzene rings is 2. The molecular weight excluding hydrogens is 333 g/mol. The van der Waals surface area contributed by atoms with E-state index in [2.05, 4.69) is 28.2 Å². The average molecular weight is 352 g/mol. The molecular formula is C17H19BrFNO. The van der Waals surface area contributed by atoms with Gasteiger partial charge in [0.25, 0.3) is 0 Å². The first-order valence-electron chi connectivity index (χ1n) is 7.05. The van der Waals surface area contributed by atoms with Gasteiger partial charge in [-0.05, 0) is 48.4 Å². The third kappa shape index (κ3) is 5.14. The first-order valence-corrected chi connectivity index (χ1v) is 7.84. The van der Waals surface area contributed by atoms with Crippen LogP contribution in [0, 0.1) is 5.82 Å². The lowest BCUT2D eigenvalue weighted by molar-refractivity contribution is 0.290. The summed E-state index contributed by atoms with van der Waals surface area (Å²) in [4.78, 5) is 0. The molecule has 1 N–H and O–H groups in total. The third-order valence-corrected chi connectivity index (χ3v) is 3.59. The van der Waals surface area contributed by atoms with Crippen molar-refractivity contribution in [1.29, 1.82) is 0 Å². The molecule has 4 heteroatoms. The molecule has 112 valence electrons. The Morgan fingerprint density at radius 3 is 2.48 bits per heavy atom. The minimum atomic E-state index is -0.317. The van der Waals surface area contributed by atoms with Crippen LogP contribution in [-0.2, 0) is 13.2 Å². The van der Waals surface area contributed by atoms with Crippen LogP contribution < -0.4 is 10.1 Å². The number of rotatable bonds is 7. The Kier molecular flexibility index (Phi) is 6.21. The van der Waals surface area contributed by atoms with Gasteiger partial charge in [0.15, 0.2) is 11.6 Å². The highest BCUT2D eigenvalue weighted by Crippen LogP contribution is 2.20. The van der Waals surface area contributed by atoms with Crippen LogP contribution >= 0.6 is 15.9 Å². The molecule has 0 aromatic heterocycles. The summed E-state index contributed by atoms with van der Waals surface area (Å²) in [6.07, 6.45) is 1.07. The molecule has 0 atom stereocenters. The summed E-state index contributed by atoms with van der Waals surface area (Å²) in [7, 11) is 0. The molecule has 0 aliphatic heterocycles. The van der Waals surface area contributed by atoms with Crippen molar-refractivity contribution in [2.24, 2.45) is 0 Å². The van der Waals surface area contributed by atoms with Gasteiger partial charge in [0, 0.05) is 11.0 Å². The molecule has 21 heavy (non-hydrogen) atoms. The maximum Gasteiger partial charge on any atom is 0.165 e. The molecule has 0 aliphatic rings. The first-order chi connectivity index (χ1) is 10.2. The zero-order chi connectivity index (χ0) is 15.1. The van der Waals surface area contributed by atoms with Crippen LogP contribution in [0.15, 0.2) is 46.9 Å². The summed E-state index contributed by atoms with van der Waals surface area (Å²) in [5.41, 5.74) is 1.93. The van der Waals surface area contributed by atoms with E-state index in [1.807, 2.05) is 30.3 Å². The molecule has 2 aromatic carbocycles. The highest BCUT2D eigenvalue weighted by Gasteiger charge is 2.05. The highest BCUT2D eigenvalue weighted by molar-refractivity contribution is 9.10. The van der Waals surface area contributed by atoms with Crippen molar-refractivity contribution in [1.82, 2.24) is 5.32 Å². The molecule has 0 saturated heterocycles. The van der Waals surface area contributed by atoms with Crippen molar-refractivity contribution in [3.05, 3.63) is 63.9 Å². The van der Waals surface area contributed by atoms with Crippen LogP contribution in [0.3, 0.4) is 0 Å². The van der Waals surface area contributed by atoms with Crippen molar-refractivity contribution in [2.45, 2.75) is 26.5 Å². The third-order valence-electron chi connectivity index (χ3n) is 3.06. The Balaban J connectivity index is 1.92. The fourth-order valence-electron chi connectivity index (χ4n) is 1.92. The lowest BCUT2D eigenvalue weighted by Crippen LogP contribution is -2.13. The fourth-order valence-corrected chi connectivity index (χ4v) is 2.19. The zero-order valence-electron chi connectivity index (χ0n) is 12.0. The Hall–Kier alpha value is -1.39. The van der Waals surface area contributed by atoms with Gasteiger partial charge in [-0.2, -0.15) is 0 Å². The van der Waals surface area contributed by atoms with Crippen molar-refractivity contribution in [3.63, 3.8) is 0 Å². The second kappa shape index (κ2) is 8.15. The number of nitrogens with one attached hydrogen (secondary N) is 1. The standard InChI is InChI=1S/C17H19BrFNO/c1-2-9-20-11-14-5-8-17(16(19)10-14)21-12-13-3-6-15(18)7-4-13/h3-8,10,20H,2,9,11-12H2,1H3. The van der Waals surface area contributed by atoms with Gasteiger partial charge >= 0.3 is 0 Å². The SMILES string of the molecule is CCCNCc1ccc(OCc2ccc(Br)cc2)c(F)c1. The van der Waals surface area contributed by atoms with E-state index in [1.165, 1.54) is 6.07 Å². The summed E-state index contributed by atoms with van der Waals surface area (Å²) in [6.45, 7) is 4.07. The summed E-state index contributed by atoms with van der Waals surface area (Å²) >= 11 is 3.38. The normalized spacial score (nSPS) is 10.6. The Bertz CT molecular complexity index is 572. The summed E-state index contributed by atoms with van der Waals surface area (Å²) < 4.78 is 20.5. The highest BCUT2D eigenvalue weighted by atomic mass is 79.9. The molecule has 2 aromatic rings. The van der Waals surface area contributed by atoms with Crippen molar-refractivity contribution < 1.29 is 9.13 Å². The van der Waals surface area contributed by atoms with E-state index in [0.29, 0.717) is 13.2 Å². The van der Waals surface area contributed by atoms with Gasteiger partial charge in [-0.25, -0.2) is 4.39 Å². The smallest absolute Gasteiger partial charge is 0.165 e. The molecule has 0 spiro atoms. The maximum atomic E-state index is 14.0. The van der Waals surface area contributed by atoms with E-state index >= 15 is 0 Å². The van der Waals surface area contributed by atoms with Gasteiger partial charge in [-0.15, -0.1) is 0 Å². The second-order valence-electron chi connectivity index (χ2n) is 4.86. The van der Waals surface area contributed by atoms with Crippen LogP contribution in [0.5, 0.6) is 5.75 Å². The lowest BCUT2D eigenvalue weighted by Gasteiger charge is -2.09. The monoisotopic (exact) mass is 351 g/mol. The van der Waals surface area contributed by atoms with E-state index in [-0.39, 0.29) is 11.6 Å². The Morgan fingerprint density at radius 1 is 1.10 bits per heavy atom. The molecule has 0 radical (unpaired) electrons. The number of hydrogen-bond donors (Lipinski definition) is 1. The number of halogens is 2. The van der Waals surface area contributed by atoms with E-state index in [1.54, 1.807) is 6.07 Å². The molecule has 0 fully saturated rings. The minimum Gasteiger partial charge on any atom is -0.486 e. The molecule has 0 aliphatic carbocycles. The minimum absolute atomic E-state index is 0.289. The van der Waals surface area contributed by atoms with Crippen molar-refractivity contribution in [2.75, 3.05) is 6.54 Å². The maximum absolute atomic E-state index is 14.0. The lowest BCUT2D eigenvalue weighted by atomic mass is 10.2. The van der Waals surface area contributed by atoms with Gasteiger partial charge in [-0.3, -0.25) is 0 Å². The van der Waals surface area contributed by atoms with Gasteiger partial charge in [0.05, 0.1) is 0 Å². The van der Waals surface area contributed by atoms with Gasteiger partial charge in [0.2, 0.25) is 0 Å². The second-order valence-corrected chi connectivity index (χ2v) is 5.77. The summed E-state index contributed by atoms with van der Waals surface area (Å²) in [5, 5.41) is 3.25. The molecule has 2 nitrogen and oxygen atoms in total. The summed E-state index contributed by atoms with van der Waals surface area (Å²) in [5.74, 6) is -0.0277. The summed E-state index contributed by atoms with van der Waals surface area (Å²) in [6, 6.07) is 12.9. The Morgan fingerprint density at radius 2 is 1.81 bits per heavy atom. The van der Waals surface area contributed by atoms with Crippen LogP contribution in [0.4, 0.5) is 4.39 Å². The predicted molar refractivity (Wildman–Crippen MR) is 86.9 cm³/mol. The largest absolute Gasteiger partial charge is 0.486 e. The van der Waals surface area contributed by atoms with Crippen molar-refractivity contribution in [3.8, 4) is 5.75 Å². The fraction of sp³-hybridized carbons (Fsp3) is 0.294. The number of hydrogen-bond acceptors (Lipinski definition) is 2. The zero-order valence-corrected chi connectivity index (χ0v) is 13.6. The Labute approximate surface area is 133 Å². The molecule has 0 unspecified atom stereocenters. The molecule has 2 rings (SSSR count). The van der Waals surface area contributed by atoms with Crippen LogP contribution in [-0.4, -0.2) is 6.54 Å². The van der Waals surface area contributed by atoms with E-state index in [9.17, 15) is 4.39 Å². The predicted octanol–water partition coefficient (Wildman–Crippen LogP) is 4.67. The molecule has 0 bridgehead atoms. The van der Waals surface area contributed by atoms with E-state index < -0.39 is 0 Å². The van der Waals surface area contributed by atoms with E-state index in [4.69, 9.17) is 4.74 Å². The van der Waals surface area contributed by atoms with E-state index in [0.717, 1.165) is 28.6 Å². The molecule has 0 heterocycles. The molecule has 0 amide bonds. The van der Waals surface area contributed by atoms with Crippen LogP contribution in [0.25, 0.3) is 0 Å². The van der Waals surface area contributed by atoms with Gasteiger partial charge in [-0.1, -0.05) is 41.1 Å². The van der Waals surface area contributed by atoms with Gasteiger partial charge in [0.1, 0.15) is 6.61 Å². The number of ether oxygens (including phenoxy) is 1. The molecule has 0 saturated carbocycles. The van der Waals surface area contributed by atoms with Crippen molar-refractivity contribution >= 4 is 15.9 Å². The topological polar surface area (TPSA) is 21.3 Å². The quantitative estimate of drug-likeness (QED) is 0.732. The van der Waals surface area contributed by atoms with Crippen LogP contribution in [0.2, 0.25) is 0 Å².